The Morgan fingerprint density at radius 3 is 2.20 bits per heavy atom. The van der Waals surface area contributed by atoms with Gasteiger partial charge in [-0.2, -0.15) is 0 Å². The summed E-state index contributed by atoms with van der Waals surface area (Å²) in [6, 6.07) is -0.393. The largest absolute Gasteiger partial charge is 0.394 e. The third-order valence-electron chi connectivity index (χ3n) is 3.25. The first-order chi connectivity index (χ1) is 7.16. The van der Waals surface area contributed by atoms with Gasteiger partial charge in [0.25, 0.3) is 0 Å². The van der Waals surface area contributed by atoms with Crippen molar-refractivity contribution in [1.82, 2.24) is 4.90 Å². The lowest BCUT2D eigenvalue weighted by Gasteiger charge is -2.20. The maximum atomic E-state index is 11.9. The van der Waals surface area contributed by atoms with Crippen molar-refractivity contribution in [2.45, 2.75) is 25.8 Å². The Bertz CT molecular complexity index is 298. The Balaban J connectivity index is 2.24. The van der Waals surface area contributed by atoms with Gasteiger partial charge in [0.05, 0.1) is 24.5 Å². The molecular weight excluding hydrogens is 194 g/mol. The van der Waals surface area contributed by atoms with Crippen LogP contribution in [0.2, 0.25) is 0 Å². The lowest BCUT2D eigenvalue weighted by molar-refractivity contribution is -0.143. The first-order valence-electron chi connectivity index (χ1n) is 5.29. The van der Waals surface area contributed by atoms with E-state index in [0.717, 1.165) is 0 Å². The van der Waals surface area contributed by atoms with Crippen LogP contribution in [0.1, 0.15) is 19.8 Å². The van der Waals surface area contributed by atoms with Gasteiger partial charge < -0.3 is 5.11 Å². The monoisotopic (exact) mass is 209 g/mol. The maximum Gasteiger partial charge on any atom is 0.233 e. The highest BCUT2D eigenvalue weighted by molar-refractivity contribution is 6.05. The number of hydrogen-bond donors (Lipinski definition) is 1. The number of hydrogen-bond acceptors (Lipinski definition) is 3. The van der Waals surface area contributed by atoms with Crippen molar-refractivity contribution in [1.29, 1.82) is 0 Å². The molecule has 1 saturated heterocycles. The van der Waals surface area contributed by atoms with E-state index < -0.39 is 6.04 Å². The molecule has 2 rings (SSSR count). The molecule has 0 aromatic heterocycles. The molecule has 0 radical (unpaired) electrons. The molecule has 3 atom stereocenters. The number of imide groups is 1. The molecule has 82 valence electrons. The third kappa shape index (κ3) is 1.49. The standard InChI is InChI=1S/C11H15NO3/c1-7(6-13)12-10(14)8-4-2-3-5-9(8)11(12)15/h2-3,7-9,13H,4-6H2,1H3/t7-,8-,9+/m0/s1. The Morgan fingerprint density at radius 1 is 1.33 bits per heavy atom. The van der Waals surface area contributed by atoms with E-state index in [0.29, 0.717) is 12.8 Å². The second-order valence-electron chi connectivity index (χ2n) is 4.23. The summed E-state index contributed by atoms with van der Waals surface area (Å²) in [5.41, 5.74) is 0. The van der Waals surface area contributed by atoms with Crippen LogP contribution in [0.5, 0.6) is 0 Å². The molecule has 4 heteroatoms. The van der Waals surface area contributed by atoms with Crippen LogP contribution >= 0.6 is 0 Å². The fourth-order valence-electron chi connectivity index (χ4n) is 2.34. The fourth-order valence-corrected chi connectivity index (χ4v) is 2.34. The number of amides is 2. The van der Waals surface area contributed by atoms with Crippen LogP contribution in [-0.4, -0.2) is 34.5 Å². The van der Waals surface area contributed by atoms with Crippen LogP contribution in [0.4, 0.5) is 0 Å². The number of allylic oxidation sites excluding steroid dienone is 2. The first kappa shape index (κ1) is 10.4. The predicted octanol–water partition coefficient (Wildman–Crippen LogP) is 0.318. The van der Waals surface area contributed by atoms with E-state index in [1.165, 1.54) is 4.90 Å². The van der Waals surface area contributed by atoms with E-state index in [9.17, 15) is 9.59 Å². The van der Waals surface area contributed by atoms with E-state index in [1.54, 1.807) is 6.92 Å². The molecule has 2 aliphatic rings. The van der Waals surface area contributed by atoms with E-state index in [-0.39, 0.29) is 30.3 Å². The minimum atomic E-state index is -0.393. The molecule has 15 heavy (non-hydrogen) atoms. The zero-order chi connectivity index (χ0) is 11.0. The summed E-state index contributed by atoms with van der Waals surface area (Å²) in [6.07, 6.45) is 5.23. The zero-order valence-electron chi connectivity index (χ0n) is 8.72. The van der Waals surface area contributed by atoms with Gasteiger partial charge in [-0.15, -0.1) is 0 Å². The van der Waals surface area contributed by atoms with Gasteiger partial charge in [0.1, 0.15) is 0 Å². The van der Waals surface area contributed by atoms with E-state index in [4.69, 9.17) is 5.11 Å². The number of carbonyl (C=O) groups is 2. The van der Waals surface area contributed by atoms with Crippen molar-refractivity contribution in [3.8, 4) is 0 Å². The van der Waals surface area contributed by atoms with E-state index >= 15 is 0 Å². The Kier molecular flexibility index (Phi) is 2.61. The van der Waals surface area contributed by atoms with Crippen LogP contribution in [0.15, 0.2) is 12.2 Å². The second kappa shape index (κ2) is 3.77. The van der Waals surface area contributed by atoms with Crippen LogP contribution < -0.4 is 0 Å². The number of fused-ring (bicyclic) bond motifs is 1. The van der Waals surface area contributed by atoms with Gasteiger partial charge in [0, 0.05) is 0 Å². The quantitative estimate of drug-likeness (QED) is 0.526. The minimum Gasteiger partial charge on any atom is -0.394 e. The van der Waals surface area contributed by atoms with Crippen molar-refractivity contribution in [2.24, 2.45) is 11.8 Å². The Labute approximate surface area is 88.6 Å². The lowest BCUT2D eigenvalue weighted by Crippen LogP contribution is -2.41. The van der Waals surface area contributed by atoms with Crippen molar-refractivity contribution in [3.05, 3.63) is 12.2 Å². The second-order valence-corrected chi connectivity index (χ2v) is 4.23. The highest BCUT2D eigenvalue weighted by atomic mass is 16.3. The number of carbonyl (C=O) groups excluding carboxylic acids is 2. The van der Waals surface area contributed by atoms with Gasteiger partial charge in [-0.05, 0) is 19.8 Å². The number of nitrogens with zero attached hydrogens (tertiary/aromatic N) is 1. The highest BCUT2D eigenvalue weighted by Crippen LogP contribution is 2.35. The molecule has 2 amide bonds. The van der Waals surface area contributed by atoms with Crippen molar-refractivity contribution >= 4 is 11.8 Å². The van der Waals surface area contributed by atoms with E-state index in [1.807, 2.05) is 12.2 Å². The summed E-state index contributed by atoms with van der Waals surface area (Å²) in [6.45, 7) is 1.53. The molecule has 1 aliphatic heterocycles. The number of likely N-dealkylation sites (tertiary alicyclic amines) is 1. The minimum absolute atomic E-state index is 0.115. The highest BCUT2D eigenvalue weighted by Gasteiger charge is 2.48. The summed E-state index contributed by atoms with van der Waals surface area (Å²) in [4.78, 5) is 25.1. The number of rotatable bonds is 2. The molecule has 1 fully saturated rings. The van der Waals surface area contributed by atoms with Gasteiger partial charge in [-0.1, -0.05) is 12.2 Å². The van der Waals surface area contributed by atoms with E-state index in [2.05, 4.69) is 0 Å². The fraction of sp³-hybridized carbons (Fsp3) is 0.636. The number of aliphatic hydroxyl groups excluding tert-OH is 1. The van der Waals surface area contributed by atoms with Crippen molar-refractivity contribution < 1.29 is 14.7 Å². The topological polar surface area (TPSA) is 57.6 Å². The normalized spacial score (nSPS) is 32.0. The molecule has 1 heterocycles. The molecule has 1 N–H and O–H groups in total. The molecule has 0 bridgehead atoms. The summed E-state index contributed by atoms with van der Waals surface area (Å²) in [7, 11) is 0. The van der Waals surface area contributed by atoms with Gasteiger partial charge in [0.15, 0.2) is 0 Å². The summed E-state index contributed by atoms with van der Waals surface area (Å²) in [5, 5.41) is 9.00. The number of aliphatic hydroxyl groups is 1. The average molecular weight is 209 g/mol. The zero-order valence-corrected chi connectivity index (χ0v) is 8.72. The van der Waals surface area contributed by atoms with Gasteiger partial charge in [-0.3, -0.25) is 14.5 Å². The van der Waals surface area contributed by atoms with Crippen molar-refractivity contribution in [3.63, 3.8) is 0 Å². The third-order valence-corrected chi connectivity index (χ3v) is 3.25. The maximum absolute atomic E-state index is 11.9. The molecular formula is C11H15NO3. The SMILES string of the molecule is C[C@@H](CO)N1C(=O)[C@H]2CC=CC[C@H]2C1=O. The molecule has 0 saturated carbocycles. The summed E-state index contributed by atoms with van der Waals surface area (Å²) in [5.74, 6) is -0.597. The molecule has 4 nitrogen and oxygen atoms in total. The average Bonchev–Trinajstić information content (AvgIpc) is 2.52. The molecule has 0 aromatic carbocycles. The van der Waals surface area contributed by atoms with Crippen LogP contribution in [0.3, 0.4) is 0 Å². The molecule has 0 aromatic rings. The van der Waals surface area contributed by atoms with Crippen LogP contribution in [0, 0.1) is 11.8 Å². The van der Waals surface area contributed by atoms with Gasteiger partial charge in [-0.25, -0.2) is 0 Å². The van der Waals surface area contributed by atoms with Crippen LogP contribution in [-0.2, 0) is 9.59 Å². The smallest absolute Gasteiger partial charge is 0.233 e. The first-order valence-corrected chi connectivity index (χ1v) is 5.29. The molecule has 0 unspecified atom stereocenters. The molecule has 1 aliphatic carbocycles. The van der Waals surface area contributed by atoms with Gasteiger partial charge >= 0.3 is 0 Å². The molecule has 0 spiro atoms. The summed E-state index contributed by atoms with van der Waals surface area (Å²) >= 11 is 0. The Morgan fingerprint density at radius 2 is 1.80 bits per heavy atom. The predicted molar refractivity (Wildman–Crippen MR) is 53.8 cm³/mol. The van der Waals surface area contributed by atoms with Crippen LogP contribution in [0.25, 0.3) is 0 Å². The van der Waals surface area contributed by atoms with Crippen molar-refractivity contribution in [2.75, 3.05) is 6.61 Å². The lowest BCUT2D eigenvalue weighted by atomic mass is 9.85. The summed E-state index contributed by atoms with van der Waals surface area (Å²) < 4.78 is 0. The Hall–Kier alpha value is -1.16. The van der Waals surface area contributed by atoms with Gasteiger partial charge in [0.2, 0.25) is 11.8 Å².